The van der Waals surface area contributed by atoms with Gasteiger partial charge in [0.1, 0.15) is 0 Å². The Hall–Kier alpha value is -1.08. The van der Waals surface area contributed by atoms with Gasteiger partial charge < -0.3 is 4.74 Å². The molecule has 2 rings (SSSR count). The molecule has 1 fully saturated rings. The molecule has 1 aliphatic rings. The molecule has 0 radical (unpaired) electrons. The van der Waals surface area contributed by atoms with Crippen LogP contribution < -0.4 is 0 Å². The maximum absolute atomic E-state index is 11.4. The predicted octanol–water partition coefficient (Wildman–Crippen LogP) is 3.79. The van der Waals surface area contributed by atoms with Crippen LogP contribution in [0.4, 0.5) is 5.69 Å². The van der Waals surface area contributed by atoms with Crippen LogP contribution in [0.5, 0.6) is 0 Å². The summed E-state index contributed by atoms with van der Waals surface area (Å²) in [6.07, 6.45) is 2.33. The van der Waals surface area contributed by atoms with Crippen LogP contribution in [0.25, 0.3) is 0 Å². The van der Waals surface area contributed by atoms with Gasteiger partial charge in [-0.2, -0.15) is 0 Å². The standard InChI is InChI=1S/C13H14BrNO4S/c1-19-12(16)7-13(4-5-13)8-20-11-3-2-9(14)6-10(11)15(17)18/h2-3,6H,4-5,7-8H2,1H3. The molecule has 0 aromatic heterocycles. The molecule has 5 nitrogen and oxygen atoms in total. The van der Waals surface area contributed by atoms with Crippen LogP contribution in [-0.4, -0.2) is 23.8 Å². The number of rotatable bonds is 6. The van der Waals surface area contributed by atoms with E-state index in [2.05, 4.69) is 15.9 Å². The van der Waals surface area contributed by atoms with Crippen LogP contribution in [0.2, 0.25) is 0 Å². The number of carbonyl (C=O) groups is 1. The number of hydrogen-bond acceptors (Lipinski definition) is 5. The number of thioether (sulfide) groups is 1. The smallest absolute Gasteiger partial charge is 0.306 e. The fraction of sp³-hybridized carbons (Fsp3) is 0.462. The quantitative estimate of drug-likeness (QED) is 0.334. The SMILES string of the molecule is COC(=O)CC1(CSc2ccc(Br)cc2[N+](=O)[O-])CC1. The highest BCUT2D eigenvalue weighted by Gasteiger charge is 2.44. The molecule has 0 unspecified atom stereocenters. The zero-order valence-corrected chi connectivity index (χ0v) is 13.3. The summed E-state index contributed by atoms with van der Waals surface area (Å²) in [5, 5.41) is 11.0. The Kier molecular flexibility index (Phi) is 4.70. The third kappa shape index (κ3) is 3.73. The number of methoxy groups -OCH3 is 1. The Morgan fingerprint density at radius 1 is 1.55 bits per heavy atom. The first-order chi connectivity index (χ1) is 9.46. The largest absolute Gasteiger partial charge is 0.469 e. The van der Waals surface area contributed by atoms with E-state index in [1.165, 1.54) is 24.9 Å². The zero-order chi connectivity index (χ0) is 14.8. The van der Waals surface area contributed by atoms with Gasteiger partial charge in [0, 0.05) is 16.3 Å². The van der Waals surface area contributed by atoms with Gasteiger partial charge in [-0.1, -0.05) is 15.9 Å². The summed E-state index contributed by atoms with van der Waals surface area (Å²) in [5.74, 6) is 0.485. The van der Waals surface area contributed by atoms with Crippen LogP contribution in [0.3, 0.4) is 0 Å². The van der Waals surface area contributed by atoms with Gasteiger partial charge in [-0.15, -0.1) is 11.8 Å². The highest BCUT2D eigenvalue weighted by molar-refractivity contribution is 9.10. The summed E-state index contributed by atoms with van der Waals surface area (Å²) in [4.78, 5) is 22.6. The van der Waals surface area contributed by atoms with Crippen molar-refractivity contribution in [3.8, 4) is 0 Å². The van der Waals surface area contributed by atoms with Gasteiger partial charge in [0.05, 0.1) is 23.3 Å². The maximum Gasteiger partial charge on any atom is 0.306 e. The first kappa shape index (κ1) is 15.3. The molecule has 0 bridgehead atoms. The molecule has 0 spiro atoms. The fourth-order valence-corrected chi connectivity index (χ4v) is 3.56. The highest BCUT2D eigenvalue weighted by atomic mass is 79.9. The summed E-state index contributed by atoms with van der Waals surface area (Å²) in [6.45, 7) is 0. The van der Waals surface area contributed by atoms with Gasteiger partial charge in [0.25, 0.3) is 5.69 Å². The molecule has 108 valence electrons. The average molecular weight is 360 g/mol. The van der Waals surface area contributed by atoms with Crippen molar-refractivity contribution in [2.45, 2.75) is 24.2 Å². The first-order valence-corrected chi connectivity index (χ1v) is 7.87. The molecule has 0 amide bonds. The second-order valence-corrected chi connectivity index (χ2v) is 6.84. The number of halogens is 1. The molecule has 0 heterocycles. The molecule has 1 saturated carbocycles. The average Bonchev–Trinajstić information content (AvgIpc) is 3.17. The van der Waals surface area contributed by atoms with E-state index in [1.54, 1.807) is 12.1 Å². The topological polar surface area (TPSA) is 69.4 Å². The Morgan fingerprint density at radius 2 is 2.25 bits per heavy atom. The number of nitro benzene ring substituents is 1. The molecule has 1 aromatic rings. The zero-order valence-electron chi connectivity index (χ0n) is 10.9. The van der Waals surface area contributed by atoms with E-state index < -0.39 is 0 Å². The lowest BCUT2D eigenvalue weighted by Crippen LogP contribution is -2.13. The summed E-state index contributed by atoms with van der Waals surface area (Å²) >= 11 is 4.67. The van der Waals surface area contributed by atoms with Crippen molar-refractivity contribution in [2.75, 3.05) is 12.9 Å². The van der Waals surface area contributed by atoms with Crippen molar-refractivity contribution in [3.05, 3.63) is 32.8 Å². The molecule has 0 atom stereocenters. The van der Waals surface area contributed by atoms with Crippen molar-refractivity contribution in [2.24, 2.45) is 5.41 Å². The molecule has 20 heavy (non-hydrogen) atoms. The van der Waals surface area contributed by atoms with Gasteiger partial charge in [0.15, 0.2) is 0 Å². The Balaban J connectivity index is 2.04. The number of ether oxygens (including phenoxy) is 1. The van der Waals surface area contributed by atoms with Gasteiger partial charge in [-0.05, 0) is 30.4 Å². The number of nitrogens with zero attached hydrogens (tertiary/aromatic N) is 1. The molecular formula is C13H14BrNO4S. The van der Waals surface area contributed by atoms with Crippen molar-refractivity contribution < 1.29 is 14.5 Å². The van der Waals surface area contributed by atoms with Crippen molar-refractivity contribution in [3.63, 3.8) is 0 Å². The van der Waals surface area contributed by atoms with E-state index in [0.29, 0.717) is 21.5 Å². The Labute approximate surface area is 129 Å². The highest BCUT2D eigenvalue weighted by Crippen LogP contribution is 2.52. The van der Waals surface area contributed by atoms with Crippen molar-refractivity contribution >= 4 is 39.3 Å². The third-order valence-electron chi connectivity index (χ3n) is 3.36. The molecule has 1 aliphatic carbocycles. The maximum atomic E-state index is 11.4. The molecule has 1 aromatic carbocycles. The van der Waals surface area contributed by atoms with Gasteiger partial charge in [-0.25, -0.2) is 0 Å². The van der Waals surface area contributed by atoms with Crippen LogP contribution in [0.15, 0.2) is 27.6 Å². The van der Waals surface area contributed by atoms with E-state index in [9.17, 15) is 14.9 Å². The van der Waals surface area contributed by atoms with Crippen LogP contribution in [0, 0.1) is 15.5 Å². The normalized spacial score (nSPS) is 15.7. The lowest BCUT2D eigenvalue weighted by atomic mass is 10.1. The summed E-state index contributed by atoms with van der Waals surface area (Å²) in [6, 6.07) is 5.03. The van der Waals surface area contributed by atoms with E-state index in [4.69, 9.17) is 4.74 Å². The number of nitro groups is 1. The lowest BCUT2D eigenvalue weighted by molar-refractivity contribution is -0.387. The molecule has 0 aliphatic heterocycles. The van der Waals surface area contributed by atoms with E-state index in [0.717, 1.165) is 12.8 Å². The van der Waals surface area contributed by atoms with Crippen LogP contribution in [-0.2, 0) is 9.53 Å². The Morgan fingerprint density at radius 3 is 2.80 bits per heavy atom. The van der Waals surface area contributed by atoms with Crippen molar-refractivity contribution in [1.29, 1.82) is 0 Å². The second kappa shape index (κ2) is 6.13. The molecule has 7 heteroatoms. The van der Waals surface area contributed by atoms with Gasteiger partial charge in [-0.3, -0.25) is 14.9 Å². The fourth-order valence-electron chi connectivity index (χ4n) is 1.91. The minimum atomic E-state index is -0.382. The minimum Gasteiger partial charge on any atom is -0.469 e. The van der Waals surface area contributed by atoms with Crippen LogP contribution >= 0.6 is 27.7 Å². The predicted molar refractivity (Wildman–Crippen MR) is 79.8 cm³/mol. The summed E-state index contributed by atoms with van der Waals surface area (Å²) < 4.78 is 5.38. The summed E-state index contributed by atoms with van der Waals surface area (Å²) in [7, 11) is 1.38. The summed E-state index contributed by atoms with van der Waals surface area (Å²) in [5.41, 5.74) is 0.0526. The van der Waals surface area contributed by atoms with E-state index >= 15 is 0 Å². The van der Waals surface area contributed by atoms with Crippen LogP contribution in [0.1, 0.15) is 19.3 Å². The molecule has 0 saturated heterocycles. The monoisotopic (exact) mass is 359 g/mol. The number of hydrogen-bond donors (Lipinski definition) is 0. The van der Waals surface area contributed by atoms with Crippen molar-refractivity contribution in [1.82, 2.24) is 0 Å². The minimum absolute atomic E-state index is 0.0430. The molecule has 0 N–H and O–H groups in total. The third-order valence-corrected chi connectivity index (χ3v) is 5.26. The number of benzene rings is 1. The lowest BCUT2D eigenvalue weighted by Gasteiger charge is -2.13. The van der Waals surface area contributed by atoms with E-state index in [1.807, 2.05) is 0 Å². The first-order valence-electron chi connectivity index (χ1n) is 6.09. The molecular weight excluding hydrogens is 346 g/mol. The number of carbonyl (C=O) groups excluding carboxylic acids is 1. The second-order valence-electron chi connectivity index (χ2n) is 4.91. The van der Waals surface area contributed by atoms with E-state index in [-0.39, 0.29) is 22.0 Å². The van der Waals surface area contributed by atoms with Gasteiger partial charge in [0.2, 0.25) is 0 Å². The number of esters is 1. The van der Waals surface area contributed by atoms with Gasteiger partial charge >= 0.3 is 5.97 Å². The Bertz CT molecular complexity index is 545.